The van der Waals surface area contributed by atoms with Crippen molar-refractivity contribution in [3.63, 3.8) is 0 Å². The Morgan fingerprint density at radius 1 is 1.22 bits per heavy atom. The molecule has 1 aromatic heterocycles. The minimum absolute atomic E-state index is 0.314. The predicted molar refractivity (Wildman–Crippen MR) is 67.6 cm³/mol. The summed E-state index contributed by atoms with van der Waals surface area (Å²) in [6.45, 7) is 2.80. The lowest BCUT2D eigenvalue weighted by Gasteiger charge is -2.06. The second-order valence-corrected chi connectivity index (χ2v) is 5.20. The third-order valence-electron chi connectivity index (χ3n) is 2.56. The fraction of sp³-hybridized carbons (Fsp3) is 0.231. The Morgan fingerprint density at radius 2 is 2.00 bits per heavy atom. The molecule has 0 unspecified atom stereocenters. The lowest BCUT2D eigenvalue weighted by atomic mass is 10.2. The van der Waals surface area contributed by atoms with Crippen molar-refractivity contribution in [1.82, 2.24) is 0 Å². The molecule has 0 fully saturated rings. The molecule has 96 valence electrons. The van der Waals surface area contributed by atoms with Gasteiger partial charge in [0.15, 0.2) is 11.6 Å². The Kier molecular flexibility index (Phi) is 3.93. The van der Waals surface area contributed by atoms with Gasteiger partial charge >= 0.3 is 0 Å². The molecule has 2 aromatic rings. The molecule has 18 heavy (non-hydrogen) atoms. The molecule has 0 saturated heterocycles. The number of hydrogen-bond donors (Lipinski definition) is 1. The van der Waals surface area contributed by atoms with Gasteiger partial charge in [0.2, 0.25) is 0 Å². The standard InChI is InChI=1S/C13H13F2NOS/c1-8-9(4-11(6-16)18-8)7-17-10-2-3-12(14)13(15)5-10/h2-5H,6-7,16H2,1H3. The lowest BCUT2D eigenvalue weighted by molar-refractivity contribution is 0.303. The number of rotatable bonds is 4. The quantitative estimate of drug-likeness (QED) is 0.923. The van der Waals surface area contributed by atoms with Crippen LogP contribution in [0.2, 0.25) is 0 Å². The number of aryl methyl sites for hydroxylation is 1. The van der Waals surface area contributed by atoms with Gasteiger partial charge < -0.3 is 10.5 Å². The highest BCUT2D eigenvalue weighted by Gasteiger charge is 2.07. The van der Waals surface area contributed by atoms with Crippen molar-refractivity contribution in [2.24, 2.45) is 5.73 Å². The molecule has 2 rings (SSSR count). The first-order valence-electron chi connectivity index (χ1n) is 5.46. The number of ether oxygens (including phenoxy) is 1. The van der Waals surface area contributed by atoms with Gasteiger partial charge in [-0.2, -0.15) is 0 Å². The monoisotopic (exact) mass is 269 g/mol. The van der Waals surface area contributed by atoms with Crippen LogP contribution in [-0.2, 0) is 13.2 Å². The molecule has 0 spiro atoms. The Labute approximate surface area is 108 Å². The van der Waals surface area contributed by atoms with Crippen molar-refractivity contribution in [2.45, 2.75) is 20.1 Å². The van der Waals surface area contributed by atoms with Crippen LogP contribution < -0.4 is 10.5 Å². The Morgan fingerprint density at radius 3 is 2.61 bits per heavy atom. The fourth-order valence-electron chi connectivity index (χ4n) is 1.56. The molecule has 0 amide bonds. The van der Waals surface area contributed by atoms with Gasteiger partial charge in [0.05, 0.1) is 0 Å². The zero-order valence-corrected chi connectivity index (χ0v) is 10.7. The van der Waals surface area contributed by atoms with Crippen LogP contribution in [0.4, 0.5) is 8.78 Å². The van der Waals surface area contributed by atoms with E-state index in [1.807, 2.05) is 13.0 Å². The fourth-order valence-corrected chi connectivity index (χ4v) is 2.49. The first kappa shape index (κ1) is 13.0. The molecule has 2 nitrogen and oxygen atoms in total. The van der Waals surface area contributed by atoms with Crippen molar-refractivity contribution in [1.29, 1.82) is 0 Å². The molecule has 0 aliphatic carbocycles. The van der Waals surface area contributed by atoms with Gasteiger partial charge in [-0.25, -0.2) is 8.78 Å². The van der Waals surface area contributed by atoms with Gasteiger partial charge in [-0.15, -0.1) is 11.3 Å². The highest BCUT2D eigenvalue weighted by atomic mass is 32.1. The van der Waals surface area contributed by atoms with Gasteiger partial charge in [-0.1, -0.05) is 0 Å². The summed E-state index contributed by atoms with van der Waals surface area (Å²) in [5, 5.41) is 0. The number of hydrogen-bond acceptors (Lipinski definition) is 3. The van der Waals surface area contributed by atoms with Crippen LogP contribution in [0.1, 0.15) is 15.3 Å². The minimum Gasteiger partial charge on any atom is -0.489 e. The highest BCUT2D eigenvalue weighted by Crippen LogP contribution is 2.23. The first-order valence-corrected chi connectivity index (χ1v) is 6.28. The zero-order valence-electron chi connectivity index (χ0n) is 9.87. The van der Waals surface area contributed by atoms with E-state index in [0.29, 0.717) is 18.9 Å². The average Bonchev–Trinajstić information content (AvgIpc) is 2.72. The van der Waals surface area contributed by atoms with Crippen molar-refractivity contribution < 1.29 is 13.5 Å². The molecule has 0 aliphatic heterocycles. The van der Waals surface area contributed by atoms with Crippen molar-refractivity contribution in [2.75, 3.05) is 0 Å². The van der Waals surface area contributed by atoms with Gasteiger partial charge in [0.1, 0.15) is 12.4 Å². The van der Waals surface area contributed by atoms with E-state index >= 15 is 0 Å². The summed E-state index contributed by atoms with van der Waals surface area (Å²) < 4.78 is 31.1. The van der Waals surface area contributed by atoms with Gasteiger partial charge in [-0.3, -0.25) is 0 Å². The van der Waals surface area contributed by atoms with Crippen LogP contribution in [0.3, 0.4) is 0 Å². The van der Waals surface area contributed by atoms with E-state index in [2.05, 4.69) is 0 Å². The normalized spacial score (nSPS) is 10.7. The Balaban J connectivity index is 2.06. The van der Waals surface area contributed by atoms with Crippen LogP contribution in [0, 0.1) is 18.6 Å². The van der Waals surface area contributed by atoms with Gasteiger partial charge in [-0.05, 0) is 25.1 Å². The first-order chi connectivity index (χ1) is 8.60. The molecular weight excluding hydrogens is 256 g/mol. The average molecular weight is 269 g/mol. The summed E-state index contributed by atoms with van der Waals surface area (Å²) in [4.78, 5) is 2.20. The summed E-state index contributed by atoms with van der Waals surface area (Å²) in [5.41, 5.74) is 6.57. The van der Waals surface area contributed by atoms with Crippen LogP contribution in [0.25, 0.3) is 0 Å². The Hall–Kier alpha value is -1.46. The number of benzene rings is 1. The summed E-state index contributed by atoms with van der Waals surface area (Å²) in [6.07, 6.45) is 0. The van der Waals surface area contributed by atoms with Crippen LogP contribution >= 0.6 is 11.3 Å². The molecule has 0 atom stereocenters. The van der Waals surface area contributed by atoms with Crippen LogP contribution in [-0.4, -0.2) is 0 Å². The maximum Gasteiger partial charge on any atom is 0.162 e. The maximum atomic E-state index is 13.0. The third kappa shape index (κ3) is 2.86. The smallest absolute Gasteiger partial charge is 0.162 e. The zero-order chi connectivity index (χ0) is 13.1. The number of thiophene rings is 1. The maximum absolute atomic E-state index is 13.0. The minimum atomic E-state index is -0.905. The molecule has 1 aromatic carbocycles. The summed E-state index contributed by atoms with van der Waals surface area (Å²) in [7, 11) is 0. The van der Waals surface area contributed by atoms with E-state index < -0.39 is 11.6 Å². The molecule has 1 heterocycles. The molecular formula is C13H13F2NOS. The molecule has 2 N–H and O–H groups in total. The third-order valence-corrected chi connectivity index (χ3v) is 3.67. The largest absolute Gasteiger partial charge is 0.489 e. The molecule has 0 bridgehead atoms. The SMILES string of the molecule is Cc1sc(CN)cc1COc1ccc(F)c(F)c1. The van der Waals surface area contributed by atoms with E-state index in [4.69, 9.17) is 10.5 Å². The summed E-state index contributed by atoms with van der Waals surface area (Å²) in [5.74, 6) is -1.47. The van der Waals surface area contributed by atoms with Crippen molar-refractivity contribution >= 4 is 11.3 Å². The molecule has 0 radical (unpaired) electrons. The number of halogens is 2. The molecule has 0 saturated carbocycles. The number of nitrogens with two attached hydrogens (primary N) is 1. The van der Waals surface area contributed by atoms with E-state index in [9.17, 15) is 8.78 Å². The van der Waals surface area contributed by atoms with E-state index in [1.54, 1.807) is 11.3 Å². The second-order valence-electron chi connectivity index (χ2n) is 3.86. The van der Waals surface area contributed by atoms with Crippen LogP contribution in [0.5, 0.6) is 5.75 Å². The molecule has 5 heteroatoms. The topological polar surface area (TPSA) is 35.2 Å². The van der Waals surface area contributed by atoms with Crippen molar-refractivity contribution in [3.8, 4) is 5.75 Å². The predicted octanol–water partition coefficient (Wildman–Crippen LogP) is 3.37. The second kappa shape index (κ2) is 5.46. The van der Waals surface area contributed by atoms with E-state index in [0.717, 1.165) is 27.5 Å². The Bertz CT molecular complexity index is 554. The highest BCUT2D eigenvalue weighted by molar-refractivity contribution is 7.12. The van der Waals surface area contributed by atoms with Gasteiger partial charge in [0, 0.05) is 27.9 Å². The van der Waals surface area contributed by atoms with Crippen molar-refractivity contribution in [3.05, 3.63) is 51.2 Å². The van der Waals surface area contributed by atoms with E-state index in [1.165, 1.54) is 6.07 Å². The summed E-state index contributed by atoms with van der Waals surface area (Å²) in [6, 6.07) is 5.47. The lowest BCUT2D eigenvalue weighted by Crippen LogP contribution is -1.97. The summed E-state index contributed by atoms with van der Waals surface area (Å²) >= 11 is 1.62. The van der Waals surface area contributed by atoms with Crippen LogP contribution in [0.15, 0.2) is 24.3 Å². The van der Waals surface area contributed by atoms with Gasteiger partial charge in [0.25, 0.3) is 0 Å². The molecule has 0 aliphatic rings. The van der Waals surface area contributed by atoms with E-state index in [-0.39, 0.29) is 0 Å².